The van der Waals surface area contributed by atoms with Gasteiger partial charge in [-0.25, -0.2) is 4.79 Å². The highest BCUT2D eigenvalue weighted by molar-refractivity contribution is 5.89. The van der Waals surface area contributed by atoms with Crippen molar-refractivity contribution in [3.63, 3.8) is 0 Å². The summed E-state index contributed by atoms with van der Waals surface area (Å²) in [6.07, 6.45) is 2.90. The lowest BCUT2D eigenvalue weighted by atomic mass is 10.1. The number of nitrogens with one attached hydrogen (secondary N) is 1. The molecule has 4 N–H and O–H groups in total. The lowest BCUT2D eigenvalue weighted by Crippen LogP contribution is -2.21. The number of nitrogens with two attached hydrogens (primary N) is 1. The zero-order chi connectivity index (χ0) is 13.1. The first kappa shape index (κ1) is 12.7. The van der Waals surface area contributed by atoms with Gasteiger partial charge in [0, 0.05) is 12.1 Å². The normalized spacial score (nSPS) is 22.8. The summed E-state index contributed by atoms with van der Waals surface area (Å²) in [5, 5.41) is 12.3. The van der Waals surface area contributed by atoms with Gasteiger partial charge < -0.3 is 20.9 Å². The van der Waals surface area contributed by atoms with Gasteiger partial charge in [0.2, 0.25) is 0 Å². The third-order valence-electron chi connectivity index (χ3n) is 3.28. The number of aromatic carboxylic acids is 1. The second-order valence-electron chi connectivity index (χ2n) is 4.63. The molecule has 0 aromatic heterocycles. The Morgan fingerprint density at radius 2 is 2.28 bits per heavy atom. The number of carboxylic acid groups (broad SMARTS) is 1. The Morgan fingerprint density at radius 1 is 1.50 bits per heavy atom. The number of hydrogen-bond acceptors (Lipinski definition) is 4. The molecule has 5 nitrogen and oxygen atoms in total. The molecule has 98 valence electrons. The van der Waals surface area contributed by atoms with Crippen molar-refractivity contribution < 1.29 is 14.6 Å². The van der Waals surface area contributed by atoms with E-state index in [9.17, 15) is 4.79 Å². The van der Waals surface area contributed by atoms with Gasteiger partial charge >= 0.3 is 5.97 Å². The SMILES string of the molecule is COc1ccc(C(=O)O)cc1NC1CCC(N)C1. The Labute approximate surface area is 106 Å². The second kappa shape index (κ2) is 5.27. The first-order valence-electron chi connectivity index (χ1n) is 6.03. The summed E-state index contributed by atoms with van der Waals surface area (Å²) in [5.74, 6) is -0.288. The molecule has 5 heteroatoms. The van der Waals surface area contributed by atoms with E-state index < -0.39 is 5.97 Å². The maximum absolute atomic E-state index is 11.0. The molecule has 0 radical (unpaired) electrons. The Hall–Kier alpha value is -1.75. The Morgan fingerprint density at radius 3 is 2.83 bits per heavy atom. The number of carbonyl (C=O) groups is 1. The fraction of sp³-hybridized carbons (Fsp3) is 0.462. The zero-order valence-electron chi connectivity index (χ0n) is 10.3. The largest absolute Gasteiger partial charge is 0.495 e. The maximum atomic E-state index is 11.0. The van der Waals surface area contributed by atoms with Crippen molar-refractivity contribution in [1.29, 1.82) is 0 Å². The van der Waals surface area contributed by atoms with Crippen molar-refractivity contribution >= 4 is 11.7 Å². The lowest BCUT2D eigenvalue weighted by molar-refractivity contribution is 0.0697. The van der Waals surface area contributed by atoms with E-state index in [1.165, 1.54) is 6.07 Å². The molecule has 0 heterocycles. The minimum Gasteiger partial charge on any atom is -0.495 e. The summed E-state index contributed by atoms with van der Waals surface area (Å²) in [6.45, 7) is 0. The molecule has 1 aliphatic carbocycles. The Kier molecular flexibility index (Phi) is 3.72. The predicted octanol–water partition coefficient (Wildman–Crippen LogP) is 1.69. The molecule has 2 unspecified atom stereocenters. The number of hydrogen-bond donors (Lipinski definition) is 3. The van der Waals surface area contributed by atoms with Crippen LogP contribution < -0.4 is 15.8 Å². The molecule has 2 atom stereocenters. The number of methoxy groups -OCH3 is 1. The molecule has 0 aliphatic heterocycles. The van der Waals surface area contributed by atoms with Crippen LogP contribution in [0.25, 0.3) is 0 Å². The predicted molar refractivity (Wildman–Crippen MR) is 69.2 cm³/mol. The van der Waals surface area contributed by atoms with Crippen LogP contribution in [-0.2, 0) is 0 Å². The summed E-state index contributed by atoms with van der Waals surface area (Å²) >= 11 is 0. The highest BCUT2D eigenvalue weighted by Crippen LogP contribution is 2.29. The van der Waals surface area contributed by atoms with Gasteiger partial charge in [0.05, 0.1) is 18.4 Å². The van der Waals surface area contributed by atoms with Crippen LogP contribution in [0, 0.1) is 0 Å². The number of ether oxygens (including phenoxy) is 1. The van der Waals surface area contributed by atoms with Crippen LogP contribution >= 0.6 is 0 Å². The van der Waals surface area contributed by atoms with Crippen LogP contribution in [0.2, 0.25) is 0 Å². The van der Waals surface area contributed by atoms with Crippen LogP contribution in [0.3, 0.4) is 0 Å². The molecule has 0 saturated heterocycles. The van der Waals surface area contributed by atoms with Crippen LogP contribution in [0.5, 0.6) is 5.75 Å². The van der Waals surface area contributed by atoms with Gasteiger partial charge in [-0.2, -0.15) is 0 Å². The molecule has 1 aliphatic rings. The van der Waals surface area contributed by atoms with E-state index in [2.05, 4.69) is 5.32 Å². The van der Waals surface area contributed by atoms with Gasteiger partial charge in [-0.1, -0.05) is 0 Å². The molecular weight excluding hydrogens is 232 g/mol. The lowest BCUT2D eigenvalue weighted by Gasteiger charge is -2.17. The van der Waals surface area contributed by atoms with Gasteiger partial charge in [0.15, 0.2) is 0 Å². The first-order chi connectivity index (χ1) is 8.60. The standard InChI is InChI=1S/C13H18N2O3/c1-18-12-5-2-8(13(16)17)6-11(12)15-10-4-3-9(14)7-10/h2,5-6,9-10,15H,3-4,7,14H2,1H3,(H,16,17). The van der Waals surface area contributed by atoms with Gasteiger partial charge in [0.25, 0.3) is 0 Å². The molecule has 2 rings (SSSR count). The third kappa shape index (κ3) is 2.73. The first-order valence-corrected chi connectivity index (χ1v) is 6.03. The van der Waals surface area contributed by atoms with Gasteiger partial charge in [-0.15, -0.1) is 0 Å². The number of rotatable bonds is 4. The van der Waals surface area contributed by atoms with Crippen molar-refractivity contribution in [3.05, 3.63) is 23.8 Å². The average molecular weight is 250 g/mol. The fourth-order valence-electron chi connectivity index (χ4n) is 2.32. The number of benzene rings is 1. The summed E-state index contributed by atoms with van der Waals surface area (Å²) in [5.41, 5.74) is 6.83. The van der Waals surface area contributed by atoms with E-state index in [-0.39, 0.29) is 17.6 Å². The van der Waals surface area contributed by atoms with Crippen molar-refractivity contribution in [2.45, 2.75) is 31.3 Å². The summed E-state index contributed by atoms with van der Waals surface area (Å²) in [4.78, 5) is 11.0. The molecule has 1 fully saturated rings. The molecule has 1 saturated carbocycles. The van der Waals surface area contributed by atoms with Gasteiger partial charge in [-0.3, -0.25) is 0 Å². The summed E-state index contributed by atoms with van der Waals surface area (Å²) in [7, 11) is 1.57. The van der Waals surface area contributed by atoms with E-state index in [4.69, 9.17) is 15.6 Å². The smallest absolute Gasteiger partial charge is 0.335 e. The molecule has 0 spiro atoms. The van der Waals surface area contributed by atoms with Crippen molar-refractivity contribution in [1.82, 2.24) is 0 Å². The van der Waals surface area contributed by atoms with E-state index in [1.54, 1.807) is 19.2 Å². The van der Waals surface area contributed by atoms with E-state index >= 15 is 0 Å². The zero-order valence-corrected chi connectivity index (χ0v) is 10.3. The minimum absolute atomic E-state index is 0.233. The molecule has 0 bridgehead atoms. The molecule has 1 aromatic rings. The average Bonchev–Trinajstić information content (AvgIpc) is 2.74. The minimum atomic E-state index is -0.941. The second-order valence-corrected chi connectivity index (χ2v) is 4.63. The van der Waals surface area contributed by atoms with Crippen molar-refractivity contribution in [2.24, 2.45) is 5.73 Å². The quantitative estimate of drug-likeness (QED) is 0.757. The highest BCUT2D eigenvalue weighted by Gasteiger charge is 2.22. The fourth-order valence-corrected chi connectivity index (χ4v) is 2.32. The van der Waals surface area contributed by atoms with E-state index in [0.29, 0.717) is 5.75 Å². The van der Waals surface area contributed by atoms with E-state index in [1.807, 2.05) is 0 Å². The van der Waals surface area contributed by atoms with Crippen LogP contribution in [0.4, 0.5) is 5.69 Å². The molecule has 0 amide bonds. The van der Waals surface area contributed by atoms with E-state index in [0.717, 1.165) is 24.9 Å². The van der Waals surface area contributed by atoms with Crippen LogP contribution in [0.15, 0.2) is 18.2 Å². The topological polar surface area (TPSA) is 84.6 Å². The monoisotopic (exact) mass is 250 g/mol. The van der Waals surface area contributed by atoms with Crippen LogP contribution in [-0.4, -0.2) is 30.3 Å². The Bertz CT molecular complexity index is 448. The highest BCUT2D eigenvalue weighted by atomic mass is 16.5. The maximum Gasteiger partial charge on any atom is 0.335 e. The van der Waals surface area contributed by atoms with Crippen molar-refractivity contribution in [3.8, 4) is 5.75 Å². The molecular formula is C13H18N2O3. The van der Waals surface area contributed by atoms with Crippen LogP contribution in [0.1, 0.15) is 29.6 Å². The number of carboxylic acids is 1. The van der Waals surface area contributed by atoms with Gasteiger partial charge in [0.1, 0.15) is 5.75 Å². The summed E-state index contributed by atoms with van der Waals surface area (Å²) < 4.78 is 5.23. The third-order valence-corrected chi connectivity index (χ3v) is 3.28. The molecule has 1 aromatic carbocycles. The number of anilines is 1. The van der Waals surface area contributed by atoms with Crippen molar-refractivity contribution in [2.75, 3.05) is 12.4 Å². The summed E-state index contributed by atoms with van der Waals surface area (Å²) in [6, 6.07) is 5.33. The molecule has 18 heavy (non-hydrogen) atoms. The van der Waals surface area contributed by atoms with Gasteiger partial charge in [-0.05, 0) is 37.5 Å². The Balaban J connectivity index is 2.18.